The van der Waals surface area contributed by atoms with Crippen molar-refractivity contribution in [2.24, 2.45) is 5.92 Å². The number of nitriles is 1. The molecule has 1 aromatic rings. The van der Waals surface area contributed by atoms with Gasteiger partial charge < -0.3 is 20.1 Å². The molecule has 0 saturated carbocycles. The molecule has 0 aliphatic carbocycles. The van der Waals surface area contributed by atoms with Crippen LogP contribution < -0.4 is 71.5 Å². The molecule has 1 saturated heterocycles. The summed E-state index contributed by atoms with van der Waals surface area (Å²) in [6, 6.07) is 6.68. The van der Waals surface area contributed by atoms with Gasteiger partial charge in [-0.15, -0.1) is 0 Å². The molecule has 1 aliphatic rings. The molecule has 21 heavy (non-hydrogen) atoms. The third kappa shape index (κ3) is 3.94. The van der Waals surface area contributed by atoms with Gasteiger partial charge in [-0.2, -0.15) is 5.26 Å². The van der Waals surface area contributed by atoms with E-state index in [9.17, 15) is 4.79 Å². The van der Waals surface area contributed by atoms with E-state index in [2.05, 4.69) is 10.6 Å². The number of nitrogens with zero attached hydrogens (tertiary/aromatic N) is 1. The van der Waals surface area contributed by atoms with E-state index in [1.807, 2.05) is 6.07 Å². The van der Waals surface area contributed by atoms with Crippen LogP contribution in [-0.2, 0) is 4.79 Å². The van der Waals surface area contributed by atoms with Gasteiger partial charge in [-0.3, -0.25) is 4.79 Å². The Labute approximate surface area is 170 Å². The maximum atomic E-state index is 11.8. The number of rotatable bonds is 3. The minimum atomic E-state index is -0.861. The zero-order valence-electron chi connectivity index (χ0n) is 12.0. The number of hydrogen-bond donors (Lipinski definition) is 2. The van der Waals surface area contributed by atoms with Crippen molar-refractivity contribution in [1.29, 1.82) is 5.26 Å². The second-order valence-electron chi connectivity index (χ2n) is 4.16. The Morgan fingerprint density at radius 1 is 1.29 bits per heavy atom. The number of hydrogen-bond acceptors (Lipinski definition) is 5. The summed E-state index contributed by atoms with van der Waals surface area (Å²) in [5, 5.41) is 14.7. The van der Waals surface area contributed by atoms with Crippen molar-refractivity contribution < 1.29 is 65.7 Å². The molecule has 1 amide bonds. The predicted octanol–water partition coefficient (Wildman–Crippen LogP) is -2.11. The molecule has 1 aliphatic heterocycles. The molecular formula is C13H13KN3O3S+. The standard InChI is InChI=1S/C13H13N3O3S.K/c1-18-9-4-3-7(5-10(9)19-2)11-8(6-14)12(17)16-13(20)15-11;/h3-5,8,11H,1-2H3,(H2,15,16,17,20);/q;+1. The monoisotopic (exact) mass is 330 g/mol. The summed E-state index contributed by atoms with van der Waals surface area (Å²) in [5.41, 5.74) is 0.728. The van der Waals surface area contributed by atoms with Crippen LogP contribution >= 0.6 is 12.2 Å². The van der Waals surface area contributed by atoms with Gasteiger partial charge >= 0.3 is 51.4 Å². The second kappa shape index (κ2) is 8.07. The zero-order chi connectivity index (χ0) is 14.7. The largest absolute Gasteiger partial charge is 1.00 e. The number of carbonyl (C=O) groups is 1. The van der Waals surface area contributed by atoms with Crippen molar-refractivity contribution in [3.8, 4) is 17.6 Å². The first kappa shape index (κ1) is 18.4. The van der Waals surface area contributed by atoms with Crippen LogP contribution in [0.25, 0.3) is 0 Å². The summed E-state index contributed by atoms with van der Waals surface area (Å²) < 4.78 is 10.4. The number of carbonyl (C=O) groups excluding carboxylic acids is 1. The fraction of sp³-hybridized carbons (Fsp3) is 0.308. The fourth-order valence-corrected chi connectivity index (χ4v) is 2.28. The van der Waals surface area contributed by atoms with Gasteiger partial charge in [-0.1, -0.05) is 6.07 Å². The van der Waals surface area contributed by atoms with E-state index in [0.29, 0.717) is 11.5 Å². The number of ether oxygens (including phenoxy) is 2. The molecule has 6 nitrogen and oxygen atoms in total. The minimum Gasteiger partial charge on any atom is -0.493 e. The Morgan fingerprint density at radius 3 is 2.52 bits per heavy atom. The van der Waals surface area contributed by atoms with Crippen LogP contribution in [0, 0.1) is 17.2 Å². The van der Waals surface area contributed by atoms with Gasteiger partial charge in [0.1, 0.15) is 5.92 Å². The maximum absolute atomic E-state index is 11.8. The Balaban J connectivity index is 0.00000220. The Morgan fingerprint density at radius 2 is 1.95 bits per heavy atom. The topological polar surface area (TPSA) is 83.4 Å². The smallest absolute Gasteiger partial charge is 0.493 e. The van der Waals surface area contributed by atoms with E-state index in [0.717, 1.165) is 5.56 Å². The molecule has 1 fully saturated rings. The zero-order valence-corrected chi connectivity index (χ0v) is 15.9. The quantitative estimate of drug-likeness (QED) is 0.488. The van der Waals surface area contributed by atoms with Gasteiger partial charge in [0.25, 0.3) is 0 Å². The Hall–Kier alpha value is -0.694. The van der Waals surface area contributed by atoms with Gasteiger partial charge in [-0.05, 0) is 29.9 Å². The Bertz CT molecular complexity index is 603. The van der Waals surface area contributed by atoms with Gasteiger partial charge in [0.15, 0.2) is 16.6 Å². The molecule has 0 spiro atoms. The first-order valence-electron chi connectivity index (χ1n) is 5.83. The average Bonchev–Trinajstić information content (AvgIpc) is 2.45. The first-order chi connectivity index (χ1) is 9.60. The number of methoxy groups -OCH3 is 2. The molecule has 1 aromatic carbocycles. The molecule has 104 valence electrons. The summed E-state index contributed by atoms with van der Waals surface area (Å²) in [6.45, 7) is 0. The number of thiocarbonyl (C=S) groups is 1. The first-order valence-corrected chi connectivity index (χ1v) is 6.24. The average molecular weight is 330 g/mol. The van der Waals surface area contributed by atoms with Gasteiger partial charge in [-0.25, -0.2) is 0 Å². The number of benzene rings is 1. The van der Waals surface area contributed by atoms with Crippen LogP contribution in [0.4, 0.5) is 0 Å². The normalized spacial score (nSPS) is 20.4. The van der Waals surface area contributed by atoms with E-state index >= 15 is 0 Å². The van der Waals surface area contributed by atoms with Crippen LogP contribution in [0.5, 0.6) is 11.5 Å². The fourth-order valence-electron chi connectivity index (χ4n) is 2.06. The van der Waals surface area contributed by atoms with Crippen molar-refractivity contribution in [2.75, 3.05) is 14.2 Å². The third-order valence-corrected chi connectivity index (χ3v) is 3.26. The van der Waals surface area contributed by atoms with Crippen LogP contribution in [0.1, 0.15) is 11.6 Å². The van der Waals surface area contributed by atoms with Crippen molar-refractivity contribution in [2.45, 2.75) is 6.04 Å². The summed E-state index contributed by atoms with van der Waals surface area (Å²) in [7, 11) is 3.06. The van der Waals surface area contributed by atoms with E-state index in [4.69, 9.17) is 27.0 Å². The van der Waals surface area contributed by atoms with E-state index in [-0.39, 0.29) is 56.5 Å². The van der Waals surface area contributed by atoms with Crippen LogP contribution in [0.3, 0.4) is 0 Å². The van der Waals surface area contributed by atoms with Gasteiger partial charge in [0.2, 0.25) is 5.91 Å². The predicted molar refractivity (Wildman–Crippen MR) is 75.3 cm³/mol. The molecule has 0 aromatic heterocycles. The van der Waals surface area contributed by atoms with Gasteiger partial charge in [0.05, 0.1) is 26.3 Å². The van der Waals surface area contributed by atoms with Crippen molar-refractivity contribution in [1.82, 2.24) is 10.6 Å². The molecule has 8 heteroatoms. The van der Waals surface area contributed by atoms with E-state index in [1.54, 1.807) is 18.2 Å². The maximum Gasteiger partial charge on any atom is 1.00 e. The van der Waals surface area contributed by atoms with Crippen LogP contribution in [0.2, 0.25) is 0 Å². The van der Waals surface area contributed by atoms with Gasteiger partial charge in [0, 0.05) is 0 Å². The Kier molecular flexibility index (Phi) is 7.06. The van der Waals surface area contributed by atoms with E-state index in [1.165, 1.54) is 14.2 Å². The van der Waals surface area contributed by atoms with E-state index < -0.39 is 17.9 Å². The minimum absolute atomic E-state index is 0. The van der Waals surface area contributed by atoms with Crippen molar-refractivity contribution in [3.63, 3.8) is 0 Å². The van der Waals surface area contributed by atoms with Crippen molar-refractivity contribution in [3.05, 3.63) is 23.8 Å². The molecule has 1 heterocycles. The molecular weight excluding hydrogens is 317 g/mol. The molecule has 2 unspecified atom stereocenters. The summed E-state index contributed by atoms with van der Waals surface area (Å²) >= 11 is 4.96. The van der Waals surface area contributed by atoms with Crippen molar-refractivity contribution >= 4 is 23.2 Å². The summed E-state index contributed by atoms with van der Waals surface area (Å²) in [5.74, 6) is -0.163. The third-order valence-electron chi connectivity index (χ3n) is 3.04. The molecule has 2 rings (SSSR count). The summed E-state index contributed by atoms with van der Waals surface area (Å²) in [4.78, 5) is 11.8. The molecule has 0 radical (unpaired) electrons. The second-order valence-corrected chi connectivity index (χ2v) is 4.57. The molecule has 0 bridgehead atoms. The van der Waals surface area contributed by atoms with Crippen LogP contribution in [0.15, 0.2) is 18.2 Å². The summed E-state index contributed by atoms with van der Waals surface area (Å²) in [6.07, 6.45) is 0. The number of nitrogens with one attached hydrogen (secondary N) is 2. The number of amides is 1. The molecule has 2 atom stereocenters. The SMILES string of the molecule is COc1ccc(C2NC(=S)NC(=O)C2C#N)cc1OC.[K+]. The van der Waals surface area contributed by atoms with Crippen LogP contribution in [-0.4, -0.2) is 25.2 Å². The molecule has 2 N–H and O–H groups in total.